The number of hydrogen-bond acceptors (Lipinski definition) is 1. The highest BCUT2D eigenvalue weighted by Crippen LogP contribution is 2.33. The van der Waals surface area contributed by atoms with Crippen LogP contribution in [0.4, 0.5) is 0 Å². The van der Waals surface area contributed by atoms with E-state index in [4.69, 9.17) is 4.74 Å². The van der Waals surface area contributed by atoms with E-state index < -0.39 is 0 Å². The fourth-order valence-electron chi connectivity index (χ4n) is 2.18. The highest BCUT2D eigenvalue weighted by Gasteiger charge is 2.18. The van der Waals surface area contributed by atoms with E-state index in [9.17, 15) is 0 Å². The van der Waals surface area contributed by atoms with E-state index in [1.807, 2.05) is 12.1 Å². The molecule has 0 aliphatic rings. The summed E-state index contributed by atoms with van der Waals surface area (Å²) in [4.78, 5) is 0. The molecular formula is C17H20O. The molecule has 18 heavy (non-hydrogen) atoms. The molecule has 0 amide bonds. The molecule has 0 aliphatic carbocycles. The molecule has 2 rings (SSSR count). The van der Waals surface area contributed by atoms with Crippen LogP contribution in [0.15, 0.2) is 48.5 Å². The maximum atomic E-state index is 5.30. The Morgan fingerprint density at radius 1 is 0.889 bits per heavy atom. The Hall–Kier alpha value is -1.76. The lowest BCUT2D eigenvalue weighted by atomic mass is 9.82. The lowest BCUT2D eigenvalue weighted by Crippen LogP contribution is -2.12. The fourth-order valence-corrected chi connectivity index (χ4v) is 2.18. The summed E-state index contributed by atoms with van der Waals surface area (Å²) in [6.45, 7) is 6.73. The fraction of sp³-hybridized carbons (Fsp3) is 0.294. The number of methoxy groups -OCH3 is 1. The normalized spacial score (nSPS) is 11.3. The first-order valence-electron chi connectivity index (χ1n) is 6.26. The summed E-state index contributed by atoms with van der Waals surface area (Å²) in [5.74, 6) is 0.899. The summed E-state index contributed by atoms with van der Waals surface area (Å²) in [6.07, 6.45) is 0. The van der Waals surface area contributed by atoms with Crippen molar-refractivity contribution < 1.29 is 4.74 Å². The Morgan fingerprint density at radius 3 is 2.28 bits per heavy atom. The zero-order valence-electron chi connectivity index (χ0n) is 11.5. The second kappa shape index (κ2) is 4.85. The average Bonchev–Trinajstić information content (AvgIpc) is 2.38. The van der Waals surface area contributed by atoms with Crippen LogP contribution < -0.4 is 4.74 Å². The predicted molar refractivity (Wildman–Crippen MR) is 77.1 cm³/mol. The van der Waals surface area contributed by atoms with E-state index in [1.165, 1.54) is 16.7 Å². The highest BCUT2D eigenvalue weighted by molar-refractivity contribution is 5.69. The molecule has 0 spiro atoms. The van der Waals surface area contributed by atoms with Crippen LogP contribution >= 0.6 is 0 Å². The standard InChI is InChI=1S/C17H20O/c1-17(2,3)16-11-6-5-10-15(16)13-8-7-9-14(12-13)18-4/h5-12H,1-4H3. The Kier molecular flexibility index (Phi) is 3.42. The van der Waals surface area contributed by atoms with Gasteiger partial charge in [0.05, 0.1) is 7.11 Å². The molecule has 2 aromatic rings. The maximum Gasteiger partial charge on any atom is 0.119 e. The Labute approximate surface area is 109 Å². The third-order valence-corrected chi connectivity index (χ3v) is 3.12. The molecule has 0 unspecified atom stereocenters. The van der Waals surface area contributed by atoms with Gasteiger partial charge in [0.1, 0.15) is 5.75 Å². The monoisotopic (exact) mass is 240 g/mol. The van der Waals surface area contributed by atoms with Crippen LogP contribution in [0.25, 0.3) is 11.1 Å². The van der Waals surface area contributed by atoms with Crippen LogP contribution in [-0.4, -0.2) is 7.11 Å². The van der Waals surface area contributed by atoms with Crippen molar-refractivity contribution in [1.29, 1.82) is 0 Å². The summed E-state index contributed by atoms with van der Waals surface area (Å²) in [5.41, 5.74) is 3.99. The Bertz CT molecular complexity index is 535. The molecule has 0 fully saturated rings. The Morgan fingerprint density at radius 2 is 1.61 bits per heavy atom. The zero-order chi connectivity index (χ0) is 13.2. The first-order chi connectivity index (χ1) is 8.52. The van der Waals surface area contributed by atoms with Crippen molar-refractivity contribution in [3.05, 3.63) is 54.1 Å². The van der Waals surface area contributed by atoms with Crippen molar-refractivity contribution in [3.63, 3.8) is 0 Å². The summed E-state index contributed by atoms with van der Waals surface area (Å²) >= 11 is 0. The summed E-state index contributed by atoms with van der Waals surface area (Å²) in [5, 5.41) is 0. The minimum Gasteiger partial charge on any atom is -0.497 e. The molecule has 1 heteroatoms. The van der Waals surface area contributed by atoms with E-state index in [-0.39, 0.29) is 5.41 Å². The van der Waals surface area contributed by atoms with Gasteiger partial charge in [-0.1, -0.05) is 57.2 Å². The van der Waals surface area contributed by atoms with Crippen LogP contribution in [0, 0.1) is 0 Å². The number of benzene rings is 2. The van der Waals surface area contributed by atoms with Gasteiger partial charge in [0.25, 0.3) is 0 Å². The molecule has 2 aromatic carbocycles. The third-order valence-electron chi connectivity index (χ3n) is 3.12. The number of rotatable bonds is 2. The van der Waals surface area contributed by atoms with Crippen LogP contribution in [-0.2, 0) is 5.41 Å². The quantitative estimate of drug-likeness (QED) is 0.741. The van der Waals surface area contributed by atoms with E-state index in [2.05, 4.69) is 57.2 Å². The molecule has 0 N–H and O–H groups in total. The second-order valence-corrected chi connectivity index (χ2v) is 5.53. The van der Waals surface area contributed by atoms with Crippen molar-refractivity contribution in [3.8, 4) is 16.9 Å². The predicted octanol–water partition coefficient (Wildman–Crippen LogP) is 4.66. The van der Waals surface area contributed by atoms with Crippen LogP contribution in [0.1, 0.15) is 26.3 Å². The summed E-state index contributed by atoms with van der Waals surface area (Å²) in [6, 6.07) is 16.8. The number of hydrogen-bond donors (Lipinski definition) is 0. The molecule has 0 atom stereocenters. The molecular weight excluding hydrogens is 220 g/mol. The highest BCUT2D eigenvalue weighted by atomic mass is 16.5. The molecule has 94 valence electrons. The minimum atomic E-state index is 0.139. The van der Waals surface area contributed by atoms with Gasteiger partial charge >= 0.3 is 0 Å². The van der Waals surface area contributed by atoms with Gasteiger partial charge in [-0.15, -0.1) is 0 Å². The maximum absolute atomic E-state index is 5.30. The Balaban J connectivity index is 2.57. The van der Waals surface area contributed by atoms with Crippen molar-refractivity contribution in [1.82, 2.24) is 0 Å². The molecule has 0 saturated heterocycles. The lowest BCUT2D eigenvalue weighted by Gasteiger charge is -2.23. The first kappa shape index (κ1) is 12.7. The molecule has 0 saturated carbocycles. The minimum absolute atomic E-state index is 0.139. The van der Waals surface area contributed by atoms with Crippen molar-refractivity contribution in [2.75, 3.05) is 7.11 Å². The SMILES string of the molecule is COc1cccc(-c2ccccc2C(C)(C)C)c1. The van der Waals surface area contributed by atoms with Crippen molar-refractivity contribution >= 4 is 0 Å². The van der Waals surface area contributed by atoms with Gasteiger partial charge in [-0.3, -0.25) is 0 Å². The van der Waals surface area contributed by atoms with Gasteiger partial charge in [0, 0.05) is 0 Å². The molecule has 0 heterocycles. The van der Waals surface area contributed by atoms with E-state index in [0.717, 1.165) is 5.75 Å². The van der Waals surface area contributed by atoms with Crippen LogP contribution in [0.2, 0.25) is 0 Å². The molecule has 0 aliphatic heterocycles. The van der Waals surface area contributed by atoms with Gasteiger partial charge in [-0.05, 0) is 34.2 Å². The molecule has 0 aromatic heterocycles. The van der Waals surface area contributed by atoms with Crippen molar-refractivity contribution in [2.45, 2.75) is 26.2 Å². The van der Waals surface area contributed by atoms with Gasteiger partial charge in [0.15, 0.2) is 0 Å². The zero-order valence-corrected chi connectivity index (χ0v) is 11.5. The van der Waals surface area contributed by atoms with Crippen LogP contribution in [0.5, 0.6) is 5.75 Å². The van der Waals surface area contributed by atoms with Crippen molar-refractivity contribution in [2.24, 2.45) is 0 Å². The smallest absolute Gasteiger partial charge is 0.119 e. The number of ether oxygens (including phenoxy) is 1. The molecule has 1 nitrogen and oxygen atoms in total. The van der Waals surface area contributed by atoms with Gasteiger partial charge in [0.2, 0.25) is 0 Å². The van der Waals surface area contributed by atoms with Gasteiger partial charge in [-0.2, -0.15) is 0 Å². The largest absolute Gasteiger partial charge is 0.497 e. The third kappa shape index (κ3) is 2.56. The lowest BCUT2D eigenvalue weighted by molar-refractivity contribution is 0.415. The van der Waals surface area contributed by atoms with Crippen LogP contribution in [0.3, 0.4) is 0 Å². The average molecular weight is 240 g/mol. The van der Waals surface area contributed by atoms with E-state index in [0.29, 0.717) is 0 Å². The topological polar surface area (TPSA) is 9.23 Å². The second-order valence-electron chi connectivity index (χ2n) is 5.53. The van der Waals surface area contributed by atoms with E-state index >= 15 is 0 Å². The van der Waals surface area contributed by atoms with Gasteiger partial charge in [-0.25, -0.2) is 0 Å². The molecule has 0 radical (unpaired) electrons. The molecule has 0 bridgehead atoms. The van der Waals surface area contributed by atoms with E-state index in [1.54, 1.807) is 7.11 Å². The van der Waals surface area contributed by atoms with Gasteiger partial charge < -0.3 is 4.74 Å². The summed E-state index contributed by atoms with van der Waals surface area (Å²) in [7, 11) is 1.70. The first-order valence-corrected chi connectivity index (χ1v) is 6.26. The summed E-state index contributed by atoms with van der Waals surface area (Å²) < 4.78 is 5.30.